The smallest absolute Gasteiger partial charge is 0.124 e. The average molecular weight is 282 g/mol. The lowest BCUT2D eigenvalue weighted by molar-refractivity contribution is 0.405. The summed E-state index contributed by atoms with van der Waals surface area (Å²) in [5.41, 5.74) is 2.32. The molecule has 18 heavy (non-hydrogen) atoms. The Bertz CT molecular complexity index is 538. The van der Waals surface area contributed by atoms with Gasteiger partial charge in [0.15, 0.2) is 0 Å². The second kappa shape index (κ2) is 5.74. The van der Waals surface area contributed by atoms with E-state index < -0.39 is 0 Å². The fourth-order valence-electron chi connectivity index (χ4n) is 1.99. The van der Waals surface area contributed by atoms with E-state index in [1.54, 1.807) is 18.4 Å². The molecule has 2 nitrogen and oxygen atoms in total. The van der Waals surface area contributed by atoms with E-state index in [0.29, 0.717) is 0 Å². The van der Waals surface area contributed by atoms with Crippen molar-refractivity contribution in [2.24, 2.45) is 0 Å². The summed E-state index contributed by atoms with van der Waals surface area (Å²) in [4.78, 5) is 1.18. The second-order valence-corrected chi connectivity index (χ2v) is 5.86. The van der Waals surface area contributed by atoms with Gasteiger partial charge in [0.2, 0.25) is 0 Å². The molecule has 1 aromatic carbocycles. The summed E-state index contributed by atoms with van der Waals surface area (Å²) in [6.45, 7) is 2.06. The lowest BCUT2D eigenvalue weighted by atomic mass is 10.0. The first-order valence-corrected chi connectivity index (χ1v) is 6.92. The first kappa shape index (κ1) is 13.4. The van der Waals surface area contributed by atoms with E-state index in [0.717, 1.165) is 15.6 Å². The van der Waals surface area contributed by atoms with Gasteiger partial charge >= 0.3 is 0 Å². The first-order chi connectivity index (χ1) is 8.65. The number of rotatable bonds is 4. The van der Waals surface area contributed by atoms with Crippen molar-refractivity contribution in [2.45, 2.75) is 13.0 Å². The fraction of sp³-hybridized carbons (Fsp3) is 0.286. The Morgan fingerprint density at radius 1 is 1.28 bits per heavy atom. The van der Waals surface area contributed by atoms with Gasteiger partial charge < -0.3 is 10.1 Å². The molecule has 0 aliphatic carbocycles. The Balaban J connectivity index is 2.44. The van der Waals surface area contributed by atoms with E-state index in [9.17, 15) is 0 Å². The topological polar surface area (TPSA) is 21.3 Å². The average Bonchev–Trinajstić information content (AvgIpc) is 2.78. The summed E-state index contributed by atoms with van der Waals surface area (Å²) in [6, 6.07) is 10.3. The molecule has 4 heteroatoms. The molecule has 1 atom stereocenters. The zero-order chi connectivity index (χ0) is 13.1. The third-order valence-corrected chi connectivity index (χ3v) is 4.16. The number of hydrogen-bond acceptors (Lipinski definition) is 3. The summed E-state index contributed by atoms with van der Waals surface area (Å²) < 4.78 is 6.27. The lowest BCUT2D eigenvalue weighted by Gasteiger charge is -2.18. The van der Waals surface area contributed by atoms with Gasteiger partial charge in [0.1, 0.15) is 5.75 Å². The van der Waals surface area contributed by atoms with Crippen LogP contribution in [-0.4, -0.2) is 14.2 Å². The number of halogens is 1. The number of aryl methyl sites for hydroxylation is 1. The molecule has 0 radical (unpaired) electrons. The van der Waals surface area contributed by atoms with Crippen LogP contribution in [0, 0.1) is 6.92 Å². The van der Waals surface area contributed by atoms with Crippen molar-refractivity contribution in [3.63, 3.8) is 0 Å². The zero-order valence-corrected chi connectivity index (χ0v) is 12.2. The van der Waals surface area contributed by atoms with Crippen molar-refractivity contribution >= 4 is 22.9 Å². The molecule has 2 aromatic rings. The lowest BCUT2D eigenvalue weighted by Crippen LogP contribution is -2.17. The molecule has 0 amide bonds. The largest absolute Gasteiger partial charge is 0.496 e. The van der Waals surface area contributed by atoms with Crippen LogP contribution in [0.15, 0.2) is 30.3 Å². The molecule has 0 aliphatic heterocycles. The number of thiophene rings is 1. The van der Waals surface area contributed by atoms with E-state index >= 15 is 0 Å². The minimum absolute atomic E-state index is 0.109. The molecule has 0 bridgehead atoms. The second-order valence-electron chi connectivity index (χ2n) is 4.11. The van der Waals surface area contributed by atoms with Crippen molar-refractivity contribution in [2.75, 3.05) is 14.2 Å². The summed E-state index contributed by atoms with van der Waals surface area (Å²) in [5.74, 6) is 0.902. The molecule has 0 spiro atoms. The van der Waals surface area contributed by atoms with E-state index in [-0.39, 0.29) is 6.04 Å². The number of benzene rings is 1. The monoisotopic (exact) mass is 281 g/mol. The molecule has 1 unspecified atom stereocenters. The van der Waals surface area contributed by atoms with Gasteiger partial charge in [-0.2, -0.15) is 0 Å². The van der Waals surface area contributed by atoms with E-state index in [2.05, 4.69) is 30.4 Å². The van der Waals surface area contributed by atoms with Crippen molar-refractivity contribution in [3.8, 4) is 5.75 Å². The van der Waals surface area contributed by atoms with Crippen LogP contribution in [0.2, 0.25) is 4.34 Å². The zero-order valence-electron chi connectivity index (χ0n) is 10.7. The Morgan fingerprint density at radius 2 is 2.06 bits per heavy atom. The van der Waals surface area contributed by atoms with E-state index in [4.69, 9.17) is 16.3 Å². The predicted molar refractivity (Wildman–Crippen MR) is 78.0 cm³/mol. The molecule has 0 saturated heterocycles. The SMILES string of the molecule is CNC(c1ccc(Cl)s1)c1ccc(C)cc1OC. The van der Waals surface area contributed by atoms with Crippen LogP contribution < -0.4 is 10.1 Å². The highest BCUT2D eigenvalue weighted by Gasteiger charge is 2.18. The van der Waals surface area contributed by atoms with Crippen LogP contribution >= 0.6 is 22.9 Å². The summed E-state index contributed by atoms with van der Waals surface area (Å²) in [6.07, 6.45) is 0. The van der Waals surface area contributed by atoms with E-state index in [1.165, 1.54) is 10.4 Å². The van der Waals surface area contributed by atoms with Gasteiger partial charge in [0.25, 0.3) is 0 Å². The van der Waals surface area contributed by atoms with Gasteiger partial charge in [0.05, 0.1) is 17.5 Å². The van der Waals surface area contributed by atoms with Gasteiger partial charge in [-0.3, -0.25) is 0 Å². The van der Waals surface area contributed by atoms with Crippen molar-refractivity contribution < 1.29 is 4.74 Å². The van der Waals surface area contributed by atoms with Gasteiger partial charge in [-0.1, -0.05) is 23.7 Å². The quantitative estimate of drug-likeness (QED) is 0.914. The maximum atomic E-state index is 6.01. The molecule has 0 saturated carbocycles. The third-order valence-electron chi connectivity index (χ3n) is 2.87. The minimum Gasteiger partial charge on any atom is -0.496 e. The van der Waals surface area contributed by atoms with Gasteiger partial charge in [-0.05, 0) is 37.7 Å². The predicted octanol–water partition coefficient (Wildman–Crippen LogP) is 4.03. The molecule has 2 rings (SSSR count). The number of ether oxygens (including phenoxy) is 1. The third kappa shape index (κ3) is 2.69. The summed E-state index contributed by atoms with van der Waals surface area (Å²) >= 11 is 7.59. The van der Waals surface area contributed by atoms with Crippen molar-refractivity contribution in [3.05, 3.63) is 50.7 Å². The van der Waals surface area contributed by atoms with Gasteiger partial charge in [0, 0.05) is 10.4 Å². The Morgan fingerprint density at radius 3 is 2.61 bits per heavy atom. The molecule has 1 heterocycles. The highest BCUT2D eigenvalue weighted by Crippen LogP contribution is 2.35. The molecular weight excluding hydrogens is 266 g/mol. The van der Waals surface area contributed by atoms with Gasteiger partial charge in [-0.25, -0.2) is 0 Å². The Kier molecular flexibility index (Phi) is 4.27. The van der Waals surface area contributed by atoms with Crippen molar-refractivity contribution in [1.29, 1.82) is 0 Å². The fourth-order valence-corrected chi connectivity index (χ4v) is 3.18. The van der Waals surface area contributed by atoms with Crippen LogP contribution in [-0.2, 0) is 0 Å². The van der Waals surface area contributed by atoms with Crippen LogP contribution in [0.4, 0.5) is 0 Å². The van der Waals surface area contributed by atoms with Crippen LogP contribution in [0.3, 0.4) is 0 Å². The molecule has 1 aromatic heterocycles. The van der Waals surface area contributed by atoms with Crippen LogP contribution in [0.25, 0.3) is 0 Å². The maximum absolute atomic E-state index is 6.01. The minimum atomic E-state index is 0.109. The summed E-state index contributed by atoms with van der Waals surface area (Å²) in [7, 11) is 3.64. The molecule has 96 valence electrons. The van der Waals surface area contributed by atoms with Crippen molar-refractivity contribution in [1.82, 2.24) is 5.32 Å². The Labute approximate surface area is 117 Å². The highest BCUT2D eigenvalue weighted by atomic mass is 35.5. The van der Waals surface area contributed by atoms with Gasteiger partial charge in [-0.15, -0.1) is 11.3 Å². The molecule has 0 aliphatic rings. The number of nitrogens with one attached hydrogen (secondary N) is 1. The maximum Gasteiger partial charge on any atom is 0.124 e. The molecule has 1 N–H and O–H groups in total. The molecular formula is C14H16ClNOS. The summed E-state index contributed by atoms with van der Waals surface area (Å²) in [5, 5.41) is 3.31. The standard InChI is InChI=1S/C14H16ClNOS/c1-9-4-5-10(11(8-9)17-3)14(16-2)12-6-7-13(15)18-12/h4-8,14,16H,1-3H3. The first-order valence-electron chi connectivity index (χ1n) is 5.72. The highest BCUT2D eigenvalue weighted by molar-refractivity contribution is 7.16. The molecule has 0 fully saturated rings. The van der Waals surface area contributed by atoms with Crippen LogP contribution in [0.1, 0.15) is 22.0 Å². The number of methoxy groups -OCH3 is 1. The van der Waals surface area contributed by atoms with Crippen LogP contribution in [0.5, 0.6) is 5.75 Å². The normalized spacial score (nSPS) is 12.4. The Hall–Kier alpha value is -1.03. The number of hydrogen-bond donors (Lipinski definition) is 1. The van der Waals surface area contributed by atoms with E-state index in [1.807, 2.05) is 19.2 Å².